The van der Waals surface area contributed by atoms with E-state index in [9.17, 15) is 5.11 Å². The number of fused-ring (bicyclic) bond motifs is 2. The Morgan fingerprint density at radius 3 is 3.17 bits per heavy atom. The van der Waals surface area contributed by atoms with Gasteiger partial charge in [-0.3, -0.25) is 10.3 Å². The van der Waals surface area contributed by atoms with Crippen molar-refractivity contribution in [3.05, 3.63) is 48.1 Å². The maximum Gasteiger partial charge on any atom is 0.181 e. The molecular formula is C18H19N3O3. The Morgan fingerprint density at radius 1 is 1.38 bits per heavy atom. The van der Waals surface area contributed by atoms with Gasteiger partial charge in [-0.05, 0) is 35.2 Å². The smallest absolute Gasteiger partial charge is 0.181 e. The van der Waals surface area contributed by atoms with Crippen molar-refractivity contribution in [2.24, 2.45) is 0 Å². The highest BCUT2D eigenvalue weighted by molar-refractivity contribution is 5.81. The van der Waals surface area contributed by atoms with Crippen LogP contribution in [0.1, 0.15) is 30.5 Å². The lowest BCUT2D eigenvalue weighted by Gasteiger charge is -2.29. The predicted octanol–water partition coefficient (Wildman–Crippen LogP) is 2.78. The van der Waals surface area contributed by atoms with Gasteiger partial charge in [0.25, 0.3) is 0 Å². The molecule has 1 aliphatic heterocycles. The zero-order valence-electron chi connectivity index (χ0n) is 13.4. The number of oxazole rings is 1. The van der Waals surface area contributed by atoms with E-state index in [2.05, 4.69) is 15.3 Å². The molecule has 0 radical (unpaired) electrons. The average molecular weight is 325 g/mol. The third kappa shape index (κ3) is 2.69. The first kappa shape index (κ1) is 15.3. The van der Waals surface area contributed by atoms with Gasteiger partial charge in [0.05, 0.1) is 19.3 Å². The number of hydrogen-bond donors (Lipinski definition) is 2. The van der Waals surface area contributed by atoms with Gasteiger partial charge in [-0.2, -0.15) is 0 Å². The minimum Gasteiger partial charge on any atom is -0.443 e. The van der Waals surface area contributed by atoms with Crippen LogP contribution < -0.4 is 5.32 Å². The highest BCUT2D eigenvalue weighted by Crippen LogP contribution is 2.33. The van der Waals surface area contributed by atoms with E-state index in [0.29, 0.717) is 19.6 Å². The Balaban J connectivity index is 1.76. The van der Waals surface area contributed by atoms with Crippen molar-refractivity contribution in [1.29, 1.82) is 0 Å². The molecule has 4 rings (SSSR count). The molecule has 0 amide bonds. The number of benzene rings is 1. The topological polar surface area (TPSA) is 80.4 Å². The minimum atomic E-state index is -0.556. The maximum atomic E-state index is 9.91. The van der Waals surface area contributed by atoms with Gasteiger partial charge in [0.1, 0.15) is 11.7 Å². The highest BCUT2D eigenvalue weighted by Gasteiger charge is 2.25. The summed E-state index contributed by atoms with van der Waals surface area (Å²) in [6.45, 7) is 2.99. The van der Waals surface area contributed by atoms with Gasteiger partial charge in [-0.25, -0.2) is 4.98 Å². The first-order valence-electron chi connectivity index (χ1n) is 8.08. The number of nitrogens with zero attached hydrogens (tertiary/aromatic N) is 2. The molecule has 0 aliphatic carbocycles. The lowest BCUT2D eigenvalue weighted by atomic mass is 9.93. The largest absolute Gasteiger partial charge is 0.443 e. The summed E-state index contributed by atoms with van der Waals surface area (Å²) < 4.78 is 11.1. The standard InChI is InChI=1S/C18H19N3O3/c1-2-18(22)21-16-9-23-8-14-12(6-19-7-13(14)16)11-3-4-17-15(5-11)20-10-24-17/h3-7,10,16,18,21-22H,2,8-9H2,1H3. The first-order valence-corrected chi connectivity index (χ1v) is 8.08. The molecule has 1 aliphatic rings. The molecule has 1 aromatic carbocycles. The van der Waals surface area contributed by atoms with Crippen LogP contribution in [0.25, 0.3) is 22.2 Å². The summed E-state index contributed by atoms with van der Waals surface area (Å²) in [5, 5.41) is 13.1. The van der Waals surface area contributed by atoms with E-state index in [4.69, 9.17) is 9.15 Å². The number of aliphatic hydroxyl groups excluding tert-OH is 1. The Kier molecular flexibility index (Phi) is 4.02. The second-order valence-electron chi connectivity index (χ2n) is 5.95. The average Bonchev–Trinajstić information content (AvgIpc) is 3.09. The quantitative estimate of drug-likeness (QED) is 0.718. The molecule has 0 fully saturated rings. The van der Waals surface area contributed by atoms with Gasteiger partial charge >= 0.3 is 0 Å². The van der Waals surface area contributed by atoms with E-state index in [1.54, 1.807) is 0 Å². The van der Waals surface area contributed by atoms with Crippen molar-refractivity contribution >= 4 is 11.1 Å². The normalized spacial score (nSPS) is 18.5. The van der Waals surface area contributed by atoms with Crippen LogP contribution in [0.15, 0.2) is 41.4 Å². The number of hydrogen-bond acceptors (Lipinski definition) is 6. The van der Waals surface area contributed by atoms with E-state index in [0.717, 1.165) is 33.4 Å². The Hall–Kier alpha value is -2.28. The molecule has 6 heteroatoms. The molecule has 2 N–H and O–H groups in total. The van der Waals surface area contributed by atoms with Gasteiger partial charge in [0.15, 0.2) is 12.0 Å². The summed E-state index contributed by atoms with van der Waals surface area (Å²) in [4.78, 5) is 8.62. The summed E-state index contributed by atoms with van der Waals surface area (Å²) >= 11 is 0. The van der Waals surface area contributed by atoms with Crippen molar-refractivity contribution in [3.63, 3.8) is 0 Å². The van der Waals surface area contributed by atoms with Crippen molar-refractivity contribution in [2.45, 2.75) is 32.2 Å². The lowest BCUT2D eigenvalue weighted by molar-refractivity contribution is 0.0479. The molecule has 124 valence electrons. The number of aromatic nitrogens is 2. The molecule has 2 atom stereocenters. The maximum absolute atomic E-state index is 9.91. The molecule has 6 nitrogen and oxygen atoms in total. The van der Waals surface area contributed by atoms with Crippen molar-refractivity contribution < 1.29 is 14.3 Å². The summed E-state index contributed by atoms with van der Waals surface area (Å²) in [7, 11) is 0. The van der Waals surface area contributed by atoms with E-state index in [-0.39, 0.29) is 6.04 Å². The van der Waals surface area contributed by atoms with E-state index < -0.39 is 6.23 Å². The zero-order valence-corrected chi connectivity index (χ0v) is 13.4. The first-order chi connectivity index (χ1) is 11.8. The van der Waals surface area contributed by atoms with E-state index >= 15 is 0 Å². The van der Waals surface area contributed by atoms with Crippen LogP contribution in [-0.4, -0.2) is 27.9 Å². The summed E-state index contributed by atoms with van der Waals surface area (Å²) in [5.41, 5.74) is 5.80. The van der Waals surface area contributed by atoms with Crippen LogP contribution in [0.4, 0.5) is 0 Å². The minimum absolute atomic E-state index is 0.0630. The monoisotopic (exact) mass is 325 g/mol. The third-order valence-corrected chi connectivity index (χ3v) is 4.42. The Labute approximate surface area is 139 Å². The number of aliphatic hydroxyl groups is 1. The predicted molar refractivity (Wildman–Crippen MR) is 89.1 cm³/mol. The Bertz CT molecular complexity index is 862. The molecule has 3 heterocycles. The summed E-state index contributed by atoms with van der Waals surface area (Å²) in [6, 6.07) is 5.85. The molecule has 0 spiro atoms. The van der Waals surface area contributed by atoms with Crippen LogP contribution >= 0.6 is 0 Å². The fraction of sp³-hybridized carbons (Fsp3) is 0.333. The van der Waals surface area contributed by atoms with E-state index in [1.165, 1.54) is 6.39 Å². The second-order valence-corrected chi connectivity index (χ2v) is 5.95. The van der Waals surface area contributed by atoms with Crippen LogP contribution in [0, 0.1) is 0 Å². The Morgan fingerprint density at radius 2 is 2.29 bits per heavy atom. The third-order valence-electron chi connectivity index (χ3n) is 4.42. The van der Waals surface area contributed by atoms with Crippen molar-refractivity contribution in [3.8, 4) is 11.1 Å². The molecule has 24 heavy (non-hydrogen) atoms. The number of rotatable bonds is 4. The fourth-order valence-corrected chi connectivity index (χ4v) is 3.10. The van der Waals surface area contributed by atoms with Crippen LogP contribution in [0.3, 0.4) is 0 Å². The lowest BCUT2D eigenvalue weighted by Crippen LogP contribution is -2.37. The molecule has 0 bridgehead atoms. The second kappa shape index (κ2) is 6.32. The number of nitrogens with one attached hydrogen (secondary N) is 1. The van der Waals surface area contributed by atoms with Crippen LogP contribution in [0.2, 0.25) is 0 Å². The van der Waals surface area contributed by atoms with E-state index in [1.807, 2.05) is 37.5 Å². The summed E-state index contributed by atoms with van der Waals surface area (Å²) in [6.07, 6.45) is 5.24. The molecule has 0 saturated carbocycles. The number of ether oxygens (including phenoxy) is 1. The van der Waals surface area contributed by atoms with Gasteiger partial charge in [-0.15, -0.1) is 0 Å². The van der Waals surface area contributed by atoms with Gasteiger partial charge in [-0.1, -0.05) is 13.0 Å². The van der Waals surface area contributed by atoms with Crippen molar-refractivity contribution in [2.75, 3.05) is 6.61 Å². The fourth-order valence-electron chi connectivity index (χ4n) is 3.10. The number of pyridine rings is 1. The molecule has 2 unspecified atom stereocenters. The SMILES string of the molecule is CCC(O)NC1COCc2c(-c3ccc4ocnc4c3)cncc21. The van der Waals surface area contributed by atoms with Gasteiger partial charge < -0.3 is 14.3 Å². The summed E-state index contributed by atoms with van der Waals surface area (Å²) in [5.74, 6) is 0. The molecule has 2 aromatic heterocycles. The molecule has 0 saturated heterocycles. The van der Waals surface area contributed by atoms with Gasteiger partial charge in [0, 0.05) is 18.0 Å². The molecule has 3 aromatic rings. The van der Waals surface area contributed by atoms with Crippen LogP contribution in [0.5, 0.6) is 0 Å². The zero-order chi connectivity index (χ0) is 16.5. The highest BCUT2D eigenvalue weighted by atomic mass is 16.5. The van der Waals surface area contributed by atoms with Crippen molar-refractivity contribution in [1.82, 2.24) is 15.3 Å². The van der Waals surface area contributed by atoms with Gasteiger partial charge in [0.2, 0.25) is 0 Å². The van der Waals surface area contributed by atoms with Crippen LogP contribution in [-0.2, 0) is 11.3 Å². The molecular weight excluding hydrogens is 306 g/mol.